The molecule has 0 aliphatic carbocycles. The van der Waals surface area contributed by atoms with Crippen LogP contribution in [0.15, 0.2) is 12.3 Å². The molecule has 0 aromatic carbocycles. The van der Waals surface area contributed by atoms with Gasteiger partial charge in [-0.3, -0.25) is 0 Å². The minimum absolute atomic E-state index is 0.166. The van der Waals surface area contributed by atoms with Crippen molar-refractivity contribution in [3.8, 4) is 0 Å². The van der Waals surface area contributed by atoms with E-state index in [0.717, 1.165) is 45.3 Å². The monoisotopic (exact) mass is 281 g/mol. The average Bonchev–Trinajstić information content (AvgIpc) is 2.47. The van der Waals surface area contributed by atoms with Gasteiger partial charge in [-0.2, -0.15) is 0 Å². The lowest BCUT2D eigenvalue weighted by molar-refractivity contribution is 0.571. The van der Waals surface area contributed by atoms with Crippen LogP contribution in [0.2, 0.25) is 0 Å². The molecule has 4 heteroatoms. The van der Waals surface area contributed by atoms with Gasteiger partial charge >= 0.3 is 0 Å². The van der Waals surface area contributed by atoms with Gasteiger partial charge < -0.3 is 10.2 Å². The molecule has 1 aromatic rings. The molecule has 0 amide bonds. The van der Waals surface area contributed by atoms with E-state index in [-0.39, 0.29) is 5.82 Å². The quantitative estimate of drug-likeness (QED) is 0.708. The normalized spacial score (nSPS) is 10.8. The third-order valence-corrected chi connectivity index (χ3v) is 3.38. The van der Waals surface area contributed by atoms with Gasteiger partial charge in [0.25, 0.3) is 0 Å². The van der Waals surface area contributed by atoms with E-state index in [1.165, 1.54) is 0 Å². The van der Waals surface area contributed by atoms with Crippen LogP contribution in [0.4, 0.5) is 10.2 Å². The second-order valence-electron chi connectivity index (χ2n) is 5.08. The van der Waals surface area contributed by atoms with Crippen molar-refractivity contribution in [3.63, 3.8) is 0 Å². The van der Waals surface area contributed by atoms with Crippen molar-refractivity contribution >= 4 is 5.82 Å². The fourth-order valence-electron chi connectivity index (χ4n) is 2.11. The zero-order valence-corrected chi connectivity index (χ0v) is 13.1. The third-order valence-electron chi connectivity index (χ3n) is 3.38. The molecule has 1 N–H and O–H groups in total. The number of aromatic nitrogens is 1. The van der Waals surface area contributed by atoms with E-state index in [9.17, 15) is 4.39 Å². The van der Waals surface area contributed by atoms with Crippen molar-refractivity contribution in [1.29, 1.82) is 0 Å². The number of anilines is 1. The standard InChI is InChI=1S/C16H28FN3/c1-4-7-11-20(12-8-5-2)16-15(17)14(9-10-19-16)13-18-6-3/h9-10,18H,4-8,11-13H2,1-3H3. The number of nitrogens with one attached hydrogen (secondary N) is 1. The highest BCUT2D eigenvalue weighted by atomic mass is 19.1. The van der Waals surface area contributed by atoms with Crippen molar-refractivity contribution in [2.45, 2.75) is 53.0 Å². The topological polar surface area (TPSA) is 28.2 Å². The minimum Gasteiger partial charge on any atom is -0.354 e. The van der Waals surface area contributed by atoms with Gasteiger partial charge in [0.15, 0.2) is 11.6 Å². The van der Waals surface area contributed by atoms with Crippen molar-refractivity contribution in [3.05, 3.63) is 23.6 Å². The van der Waals surface area contributed by atoms with Gasteiger partial charge in [0.05, 0.1) is 0 Å². The maximum atomic E-state index is 14.6. The second kappa shape index (κ2) is 9.70. The molecule has 1 aromatic heterocycles. The summed E-state index contributed by atoms with van der Waals surface area (Å²) >= 11 is 0. The lowest BCUT2D eigenvalue weighted by Crippen LogP contribution is -2.28. The number of rotatable bonds is 10. The number of hydrogen-bond donors (Lipinski definition) is 1. The molecule has 0 atom stereocenters. The molecule has 1 heterocycles. The van der Waals surface area contributed by atoms with Crippen molar-refractivity contribution in [2.75, 3.05) is 24.5 Å². The summed E-state index contributed by atoms with van der Waals surface area (Å²) in [6, 6.07) is 1.76. The average molecular weight is 281 g/mol. The van der Waals surface area contributed by atoms with E-state index >= 15 is 0 Å². The SMILES string of the molecule is CCCCN(CCCC)c1nccc(CNCC)c1F. The summed E-state index contributed by atoms with van der Waals surface area (Å²) in [7, 11) is 0. The molecule has 0 radical (unpaired) electrons. The van der Waals surface area contributed by atoms with Crippen LogP contribution in [0.1, 0.15) is 52.0 Å². The maximum absolute atomic E-state index is 14.6. The lowest BCUT2D eigenvalue weighted by Gasteiger charge is -2.24. The molecule has 0 aliphatic heterocycles. The Morgan fingerprint density at radius 1 is 1.15 bits per heavy atom. The predicted octanol–water partition coefficient (Wildman–Crippen LogP) is 3.74. The van der Waals surface area contributed by atoms with Crippen LogP contribution >= 0.6 is 0 Å². The Kier molecular flexibility index (Phi) is 8.19. The molecular weight excluding hydrogens is 253 g/mol. The summed E-state index contributed by atoms with van der Waals surface area (Å²) in [4.78, 5) is 6.37. The van der Waals surface area contributed by atoms with Crippen LogP contribution in [-0.2, 0) is 6.54 Å². The zero-order chi connectivity index (χ0) is 14.8. The van der Waals surface area contributed by atoms with E-state index in [2.05, 4.69) is 29.0 Å². The largest absolute Gasteiger partial charge is 0.354 e. The molecular formula is C16H28FN3. The summed E-state index contributed by atoms with van der Waals surface area (Å²) in [5, 5.41) is 3.17. The molecule has 0 bridgehead atoms. The number of pyridine rings is 1. The molecule has 0 saturated heterocycles. The minimum atomic E-state index is -0.166. The Balaban J connectivity index is 2.87. The van der Waals surface area contributed by atoms with Gasteiger partial charge in [-0.15, -0.1) is 0 Å². The third kappa shape index (κ3) is 5.08. The summed E-state index contributed by atoms with van der Waals surface area (Å²) in [5.41, 5.74) is 0.704. The van der Waals surface area contributed by atoms with E-state index < -0.39 is 0 Å². The van der Waals surface area contributed by atoms with Crippen LogP contribution in [0.3, 0.4) is 0 Å². The van der Waals surface area contributed by atoms with E-state index in [1.54, 1.807) is 12.3 Å². The van der Waals surface area contributed by atoms with E-state index in [4.69, 9.17) is 0 Å². The van der Waals surface area contributed by atoms with Crippen LogP contribution in [0, 0.1) is 5.82 Å². The van der Waals surface area contributed by atoms with E-state index in [0.29, 0.717) is 17.9 Å². The maximum Gasteiger partial charge on any atom is 0.170 e. The zero-order valence-electron chi connectivity index (χ0n) is 13.1. The van der Waals surface area contributed by atoms with Gasteiger partial charge in [-0.25, -0.2) is 9.37 Å². The Morgan fingerprint density at radius 3 is 2.35 bits per heavy atom. The highest BCUT2D eigenvalue weighted by Gasteiger charge is 2.15. The van der Waals surface area contributed by atoms with Crippen LogP contribution in [0.25, 0.3) is 0 Å². The Bertz CT molecular complexity index is 374. The fourth-order valence-corrected chi connectivity index (χ4v) is 2.11. The van der Waals surface area contributed by atoms with Crippen LogP contribution in [0.5, 0.6) is 0 Å². The molecule has 1 rings (SSSR count). The molecule has 0 aliphatic rings. The molecule has 0 unspecified atom stereocenters. The first-order chi connectivity index (χ1) is 9.74. The first-order valence-electron chi connectivity index (χ1n) is 7.83. The van der Waals surface area contributed by atoms with Gasteiger partial charge in [0.2, 0.25) is 0 Å². The van der Waals surface area contributed by atoms with Gasteiger partial charge in [0, 0.05) is 31.4 Å². The predicted molar refractivity (Wildman–Crippen MR) is 83.6 cm³/mol. The Labute approximate surface area is 122 Å². The molecule has 20 heavy (non-hydrogen) atoms. The Morgan fingerprint density at radius 2 is 1.80 bits per heavy atom. The van der Waals surface area contributed by atoms with Crippen molar-refractivity contribution in [1.82, 2.24) is 10.3 Å². The number of hydrogen-bond acceptors (Lipinski definition) is 3. The fraction of sp³-hybridized carbons (Fsp3) is 0.688. The summed E-state index contributed by atoms with van der Waals surface area (Å²) < 4.78 is 14.6. The first kappa shape index (κ1) is 16.9. The summed E-state index contributed by atoms with van der Waals surface area (Å²) in [6.07, 6.45) is 6.09. The molecule has 3 nitrogen and oxygen atoms in total. The first-order valence-corrected chi connectivity index (χ1v) is 7.83. The lowest BCUT2D eigenvalue weighted by atomic mass is 10.2. The van der Waals surface area contributed by atoms with Gasteiger partial charge in [-0.1, -0.05) is 33.6 Å². The van der Waals surface area contributed by atoms with Crippen molar-refractivity contribution < 1.29 is 4.39 Å². The van der Waals surface area contributed by atoms with Gasteiger partial charge in [-0.05, 0) is 25.5 Å². The highest BCUT2D eigenvalue weighted by Crippen LogP contribution is 2.20. The Hall–Kier alpha value is -1.16. The molecule has 114 valence electrons. The number of halogens is 1. The van der Waals surface area contributed by atoms with E-state index in [1.807, 2.05) is 6.92 Å². The molecule has 0 fully saturated rings. The smallest absolute Gasteiger partial charge is 0.170 e. The summed E-state index contributed by atoms with van der Waals surface area (Å²) in [6.45, 7) is 9.50. The number of unbranched alkanes of at least 4 members (excludes halogenated alkanes) is 2. The van der Waals surface area contributed by atoms with Crippen molar-refractivity contribution in [2.24, 2.45) is 0 Å². The van der Waals surface area contributed by atoms with Gasteiger partial charge in [0.1, 0.15) is 0 Å². The highest BCUT2D eigenvalue weighted by molar-refractivity contribution is 5.43. The number of nitrogens with zero attached hydrogens (tertiary/aromatic N) is 2. The molecule has 0 spiro atoms. The van der Waals surface area contributed by atoms with Crippen LogP contribution in [-0.4, -0.2) is 24.6 Å². The summed E-state index contributed by atoms with van der Waals surface area (Å²) in [5.74, 6) is 0.350. The molecule has 0 saturated carbocycles. The second-order valence-corrected chi connectivity index (χ2v) is 5.08. The van der Waals surface area contributed by atoms with Crippen LogP contribution < -0.4 is 10.2 Å².